The Hall–Kier alpha value is -2.83. The summed E-state index contributed by atoms with van der Waals surface area (Å²) in [6, 6.07) is 8.50. The molecule has 1 atom stereocenters. The van der Waals surface area contributed by atoms with Crippen molar-refractivity contribution in [2.45, 2.75) is 45.2 Å². The molecule has 0 aliphatic carbocycles. The van der Waals surface area contributed by atoms with Crippen molar-refractivity contribution in [1.82, 2.24) is 29.5 Å². The van der Waals surface area contributed by atoms with Gasteiger partial charge in [-0.25, -0.2) is 9.78 Å². The summed E-state index contributed by atoms with van der Waals surface area (Å²) < 4.78 is 4.08. The molecule has 3 heterocycles. The van der Waals surface area contributed by atoms with Gasteiger partial charge in [-0.05, 0) is 38.8 Å². The lowest BCUT2D eigenvalue weighted by Gasteiger charge is -2.32. The molecule has 7 heteroatoms. The topological polar surface area (TPSA) is 68.0 Å². The highest BCUT2D eigenvalue weighted by molar-refractivity contribution is 5.76. The molecule has 1 aliphatic heterocycles. The third-order valence-electron chi connectivity index (χ3n) is 5.52. The zero-order chi connectivity index (χ0) is 19.7. The van der Waals surface area contributed by atoms with Crippen molar-refractivity contribution in [3.8, 4) is 0 Å². The van der Waals surface area contributed by atoms with Crippen LogP contribution in [0.1, 0.15) is 50.0 Å². The van der Waals surface area contributed by atoms with Crippen molar-refractivity contribution in [2.75, 3.05) is 13.1 Å². The molecular formula is C21H28N6O. The van der Waals surface area contributed by atoms with Crippen LogP contribution in [0, 0.1) is 0 Å². The zero-order valence-corrected chi connectivity index (χ0v) is 16.8. The number of para-hydroxylation sites is 2. The smallest absolute Gasteiger partial charge is 0.317 e. The van der Waals surface area contributed by atoms with E-state index in [9.17, 15) is 4.79 Å². The SMILES string of the molecule is CC(C)n1cc(CNC(=O)N2CCCC(c3nc4ccccc4n3C)C2)cn1. The second-order valence-corrected chi connectivity index (χ2v) is 7.88. The van der Waals surface area contributed by atoms with Gasteiger partial charge in [-0.15, -0.1) is 0 Å². The van der Waals surface area contributed by atoms with Crippen molar-refractivity contribution < 1.29 is 4.79 Å². The monoisotopic (exact) mass is 380 g/mol. The first-order valence-electron chi connectivity index (χ1n) is 10.00. The fraction of sp³-hybridized carbons (Fsp3) is 0.476. The Labute approximate surface area is 165 Å². The number of nitrogens with zero attached hydrogens (tertiary/aromatic N) is 5. The molecular weight excluding hydrogens is 352 g/mol. The van der Waals surface area contributed by atoms with Gasteiger partial charge in [0.15, 0.2) is 0 Å². The molecule has 1 fully saturated rings. The Morgan fingerprint density at radius 2 is 2.14 bits per heavy atom. The second-order valence-electron chi connectivity index (χ2n) is 7.88. The van der Waals surface area contributed by atoms with Gasteiger partial charge in [0.2, 0.25) is 0 Å². The fourth-order valence-corrected chi connectivity index (χ4v) is 3.94. The molecule has 1 N–H and O–H groups in total. The minimum absolute atomic E-state index is 0.0132. The normalized spacial score (nSPS) is 17.4. The number of fused-ring (bicyclic) bond motifs is 1. The summed E-state index contributed by atoms with van der Waals surface area (Å²) in [5.74, 6) is 1.33. The molecule has 0 saturated carbocycles. The van der Waals surface area contributed by atoms with Gasteiger partial charge in [0, 0.05) is 50.4 Å². The second kappa shape index (κ2) is 7.66. The first-order chi connectivity index (χ1) is 13.5. The number of carbonyl (C=O) groups is 1. The zero-order valence-electron chi connectivity index (χ0n) is 16.8. The highest BCUT2D eigenvalue weighted by Gasteiger charge is 2.27. The molecule has 0 radical (unpaired) electrons. The van der Waals surface area contributed by atoms with Crippen LogP contribution in [0.25, 0.3) is 11.0 Å². The fourth-order valence-electron chi connectivity index (χ4n) is 3.94. The summed E-state index contributed by atoms with van der Waals surface area (Å²) in [4.78, 5) is 19.5. The Morgan fingerprint density at radius 3 is 2.89 bits per heavy atom. The van der Waals surface area contributed by atoms with E-state index in [0.29, 0.717) is 19.1 Å². The number of aromatic nitrogens is 4. The number of likely N-dealkylation sites (tertiary alicyclic amines) is 1. The molecule has 0 spiro atoms. The van der Waals surface area contributed by atoms with E-state index < -0.39 is 0 Å². The predicted octanol–water partition coefficient (Wildman–Crippen LogP) is 3.44. The summed E-state index contributed by atoms with van der Waals surface area (Å²) in [5.41, 5.74) is 3.18. The van der Waals surface area contributed by atoms with Crippen LogP contribution in [0.2, 0.25) is 0 Å². The summed E-state index contributed by atoms with van der Waals surface area (Å²) in [6.07, 6.45) is 5.86. The van der Waals surface area contributed by atoms with E-state index in [1.807, 2.05) is 40.2 Å². The molecule has 2 amide bonds. The summed E-state index contributed by atoms with van der Waals surface area (Å²) in [6.45, 7) is 6.17. The number of carbonyl (C=O) groups excluding carboxylic acids is 1. The van der Waals surface area contributed by atoms with Crippen molar-refractivity contribution in [3.63, 3.8) is 0 Å². The van der Waals surface area contributed by atoms with Crippen LogP contribution in [-0.4, -0.2) is 43.4 Å². The van der Waals surface area contributed by atoms with Crippen molar-refractivity contribution in [3.05, 3.63) is 48.0 Å². The minimum Gasteiger partial charge on any atom is -0.334 e. The summed E-state index contributed by atoms with van der Waals surface area (Å²) in [7, 11) is 2.07. The van der Waals surface area contributed by atoms with Crippen molar-refractivity contribution in [1.29, 1.82) is 0 Å². The first kappa shape index (κ1) is 18.5. The average molecular weight is 380 g/mol. The molecule has 7 nitrogen and oxygen atoms in total. The lowest BCUT2D eigenvalue weighted by Crippen LogP contribution is -2.45. The molecule has 4 rings (SSSR count). The Kier molecular flexibility index (Phi) is 5.07. The van der Waals surface area contributed by atoms with E-state index in [-0.39, 0.29) is 11.9 Å². The number of amides is 2. The van der Waals surface area contributed by atoms with Crippen LogP contribution >= 0.6 is 0 Å². The lowest BCUT2D eigenvalue weighted by atomic mass is 9.97. The third-order valence-corrected chi connectivity index (χ3v) is 5.52. The van der Waals surface area contributed by atoms with Gasteiger partial charge in [-0.1, -0.05) is 12.1 Å². The number of hydrogen-bond donors (Lipinski definition) is 1. The van der Waals surface area contributed by atoms with Crippen molar-refractivity contribution in [2.24, 2.45) is 7.05 Å². The summed E-state index contributed by atoms with van der Waals surface area (Å²) >= 11 is 0. The van der Waals surface area contributed by atoms with Gasteiger partial charge >= 0.3 is 6.03 Å². The van der Waals surface area contributed by atoms with E-state index in [2.05, 4.69) is 41.9 Å². The van der Waals surface area contributed by atoms with E-state index >= 15 is 0 Å². The molecule has 3 aromatic rings. The maximum atomic E-state index is 12.7. The van der Waals surface area contributed by atoms with Gasteiger partial charge in [0.1, 0.15) is 5.82 Å². The average Bonchev–Trinajstić information content (AvgIpc) is 3.32. The molecule has 148 valence electrons. The number of hydrogen-bond acceptors (Lipinski definition) is 3. The van der Waals surface area contributed by atoms with Crippen LogP contribution in [0.15, 0.2) is 36.7 Å². The van der Waals surface area contributed by atoms with Gasteiger partial charge in [-0.3, -0.25) is 4.68 Å². The van der Waals surface area contributed by atoms with Gasteiger partial charge in [0.25, 0.3) is 0 Å². The predicted molar refractivity (Wildman–Crippen MR) is 109 cm³/mol. The molecule has 1 aliphatic rings. The number of nitrogens with one attached hydrogen (secondary N) is 1. The molecule has 0 bridgehead atoms. The van der Waals surface area contributed by atoms with Gasteiger partial charge in [0.05, 0.1) is 17.2 Å². The van der Waals surface area contributed by atoms with E-state index in [4.69, 9.17) is 4.98 Å². The number of benzene rings is 1. The molecule has 28 heavy (non-hydrogen) atoms. The van der Waals surface area contributed by atoms with Crippen LogP contribution in [0.5, 0.6) is 0 Å². The number of imidazole rings is 1. The van der Waals surface area contributed by atoms with Gasteiger partial charge < -0.3 is 14.8 Å². The molecule has 2 aromatic heterocycles. The largest absolute Gasteiger partial charge is 0.334 e. The van der Waals surface area contributed by atoms with Crippen LogP contribution in [0.4, 0.5) is 4.79 Å². The molecule has 1 saturated heterocycles. The maximum absolute atomic E-state index is 12.7. The van der Waals surface area contributed by atoms with Crippen molar-refractivity contribution >= 4 is 17.1 Å². The molecule has 1 aromatic carbocycles. The number of urea groups is 1. The van der Waals surface area contributed by atoms with E-state index in [1.54, 1.807) is 0 Å². The maximum Gasteiger partial charge on any atom is 0.317 e. The Bertz CT molecular complexity index is 972. The highest BCUT2D eigenvalue weighted by Crippen LogP contribution is 2.28. The third kappa shape index (κ3) is 3.61. The Morgan fingerprint density at radius 1 is 1.32 bits per heavy atom. The Balaban J connectivity index is 1.41. The number of piperidine rings is 1. The quantitative estimate of drug-likeness (QED) is 0.754. The lowest BCUT2D eigenvalue weighted by molar-refractivity contribution is 0.177. The number of rotatable bonds is 4. The molecule has 1 unspecified atom stereocenters. The number of aryl methyl sites for hydroxylation is 1. The van der Waals surface area contributed by atoms with Crippen LogP contribution in [-0.2, 0) is 13.6 Å². The minimum atomic E-state index is -0.0132. The van der Waals surface area contributed by atoms with Crippen LogP contribution in [0.3, 0.4) is 0 Å². The summed E-state index contributed by atoms with van der Waals surface area (Å²) in [5, 5.41) is 7.37. The van der Waals surface area contributed by atoms with E-state index in [1.165, 1.54) is 0 Å². The van der Waals surface area contributed by atoms with E-state index in [0.717, 1.165) is 41.8 Å². The standard InChI is InChI=1S/C21H28N6O/c1-15(2)27-13-16(12-23-27)11-22-21(28)26-10-6-7-17(14-26)20-24-18-8-4-5-9-19(18)25(20)3/h4-5,8-9,12-13,15,17H,6-7,10-11,14H2,1-3H3,(H,22,28). The van der Waals surface area contributed by atoms with Crippen LogP contribution < -0.4 is 5.32 Å². The van der Waals surface area contributed by atoms with Gasteiger partial charge in [-0.2, -0.15) is 5.10 Å². The highest BCUT2D eigenvalue weighted by atomic mass is 16.2. The first-order valence-corrected chi connectivity index (χ1v) is 10.00.